The van der Waals surface area contributed by atoms with Crippen molar-refractivity contribution >= 4 is 33.5 Å². The number of nitrogens with one attached hydrogen (secondary N) is 4. The molecule has 20 heteroatoms. The highest BCUT2D eigenvalue weighted by Crippen LogP contribution is 2.31. The summed E-state index contributed by atoms with van der Waals surface area (Å²) in [6.07, 6.45) is -9.86. The lowest BCUT2D eigenvalue weighted by Crippen LogP contribution is -2.32. The number of aromatic nitrogens is 1. The van der Waals surface area contributed by atoms with E-state index in [1.165, 1.54) is 13.0 Å². The van der Waals surface area contributed by atoms with E-state index in [0.717, 1.165) is 12.1 Å². The number of hydrogen-bond acceptors (Lipinski definition) is 7. The van der Waals surface area contributed by atoms with Gasteiger partial charge in [-0.3, -0.25) is 24.6 Å². The van der Waals surface area contributed by atoms with Crippen LogP contribution in [0.2, 0.25) is 0 Å². The third-order valence-corrected chi connectivity index (χ3v) is 5.94. The van der Waals surface area contributed by atoms with Crippen molar-refractivity contribution in [1.29, 1.82) is 5.41 Å². The van der Waals surface area contributed by atoms with Crippen molar-refractivity contribution in [3.63, 3.8) is 0 Å². The molecule has 0 aliphatic heterocycles. The van der Waals surface area contributed by atoms with Crippen molar-refractivity contribution < 1.29 is 54.3 Å². The highest BCUT2D eigenvalue weighted by Gasteiger charge is 2.38. The summed E-state index contributed by atoms with van der Waals surface area (Å²) in [5.74, 6) is -5.35. The van der Waals surface area contributed by atoms with E-state index in [9.17, 15) is 44.3 Å². The molecule has 0 aliphatic carbocycles. The van der Waals surface area contributed by atoms with E-state index in [1.54, 1.807) is 0 Å². The molecule has 0 bridgehead atoms. The number of anilines is 1. The summed E-state index contributed by atoms with van der Waals surface area (Å²) in [4.78, 5) is 40.2. The zero-order valence-corrected chi connectivity index (χ0v) is 20.9. The number of rotatable bonds is 9. The van der Waals surface area contributed by atoms with Crippen LogP contribution in [-0.2, 0) is 30.6 Å². The molecule has 0 radical (unpaired) electrons. The Bertz CT molecular complexity index is 1390. The smallest absolute Gasteiger partial charge is 0.475 e. The number of alkyl halides is 6. The molecule has 1 amide bonds. The molecule has 2 aromatic rings. The number of aliphatic carboxylic acids is 1. The average Bonchev–Trinajstić information content (AvgIpc) is 2.79. The van der Waals surface area contributed by atoms with Crippen LogP contribution in [0.1, 0.15) is 29.2 Å². The average molecular weight is 604 g/mol. The molecule has 0 fully saturated rings. The number of carboxylic acid groups (broad SMARTS) is 1. The lowest BCUT2D eigenvalue weighted by molar-refractivity contribution is -0.192. The van der Waals surface area contributed by atoms with Crippen LogP contribution >= 0.6 is 0 Å². The van der Waals surface area contributed by atoms with E-state index in [2.05, 4.69) is 10.5 Å². The van der Waals surface area contributed by atoms with Gasteiger partial charge in [-0.15, -0.1) is 0 Å². The molecule has 0 saturated carbocycles. The molecule has 222 valence electrons. The molecule has 9 N–H and O–H groups in total. The number of primary amides is 1. The Labute approximate surface area is 221 Å². The van der Waals surface area contributed by atoms with Crippen molar-refractivity contribution in [3.8, 4) is 0 Å². The summed E-state index contributed by atoms with van der Waals surface area (Å²) in [5.41, 5.74) is 10.3. The Balaban J connectivity index is 0.00000101. The molecular weight excluding hydrogens is 582 g/mol. The molecule has 0 saturated heterocycles. The van der Waals surface area contributed by atoms with Gasteiger partial charge in [0.2, 0.25) is 11.9 Å². The molecule has 0 aliphatic rings. The molecule has 40 heavy (non-hydrogen) atoms. The van der Waals surface area contributed by atoms with Gasteiger partial charge in [-0.25, -0.2) is 18.7 Å². The Morgan fingerprint density at radius 3 is 2.08 bits per heavy atom. The standard InChI is InChI=1S/C18H21F3N6O5S.C2HF3O2/c1-9-8-13(12(15(22)28)6-7-32-26-17(23)24)14(16(29)25-9)27-33(30,31)11-4-2-10(3-5-11)18(19,20)21;3-2(4,5)1(6)7/h2-5,8,12,27H,6-7H2,1H3,(H2,22,28)(H,25,29)(H4,23,24,26);(H,6,7). The van der Waals surface area contributed by atoms with Crippen LogP contribution < -0.4 is 27.2 Å². The lowest BCUT2D eigenvalue weighted by Gasteiger charge is -2.19. The number of benzene rings is 1. The fourth-order valence-electron chi connectivity index (χ4n) is 2.87. The highest BCUT2D eigenvalue weighted by molar-refractivity contribution is 7.92. The minimum Gasteiger partial charge on any atom is -0.475 e. The van der Waals surface area contributed by atoms with Crippen LogP contribution in [-0.4, -0.2) is 49.1 Å². The third-order valence-electron chi connectivity index (χ3n) is 4.58. The van der Waals surface area contributed by atoms with Crippen molar-refractivity contribution in [1.82, 2.24) is 10.5 Å². The number of H-pyrrole nitrogens is 1. The van der Waals surface area contributed by atoms with Gasteiger partial charge in [-0.1, -0.05) is 0 Å². The number of carbonyl (C=O) groups is 2. The van der Waals surface area contributed by atoms with Gasteiger partial charge in [0.1, 0.15) is 5.69 Å². The van der Waals surface area contributed by atoms with E-state index in [4.69, 9.17) is 31.6 Å². The fourth-order valence-corrected chi connectivity index (χ4v) is 3.96. The summed E-state index contributed by atoms with van der Waals surface area (Å²) < 4.78 is 97.5. The molecule has 1 atom stereocenters. The zero-order valence-electron chi connectivity index (χ0n) is 20.1. The van der Waals surface area contributed by atoms with Crippen LogP contribution in [0.4, 0.5) is 32.0 Å². The van der Waals surface area contributed by atoms with Gasteiger partial charge in [0.25, 0.3) is 15.6 Å². The largest absolute Gasteiger partial charge is 0.490 e. The first-order valence-corrected chi connectivity index (χ1v) is 11.9. The normalized spacial score (nSPS) is 12.5. The second-order valence-corrected chi connectivity index (χ2v) is 9.33. The van der Waals surface area contributed by atoms with Crippen LogP contribution in [0.15, 0.2) is 40.0 Å². The number of amides is 1. The SMILES string of the molecule is Cc1cc(C(CCONC(=N)N)C(N)=O)c(NS(=O)(=O)c2ccc(C(F)(F)F)cc2)c(=O)[nH]1.O=C(O)C(F)(F)F. The first-order valence-electron chi connectivity index (χ1n) is 10.4. The number of halogens is 6. The number of sulfonamides is 1. The number of pyridine rings is 1. The predicted octanol–water partition coefficient (Wildman–Crippen LogP) is 1.51. The van der Waals surface area contributed by atoms with Gasteiger partial charge in [0, 0.05) is 5.69 Å². The van der Waals surface area contributed by atoms with E-state index < -0.39 is 67.8 Å². The number of hydroxylamine groups is 1. The first-order chi connectivity index (χ1) is 18.2. The molecule has 1 aromatic carbocycles. The van der Waals surface area contributed by atoms with Gasteiger partial charge < -0.3 is 21.6 Å². The molecule has 13 nitrogen and oxygen atoms in total. The first kappa shape index (κ1) is 33.7. The fraction of sp³-hybridized carbons (Fsp3) is 0.300. The van der Waals surface area contributed by atoms with Crippen molar-refractivity contribution in [2.75, 3.05) is 11.3 Å². The van der Waals surface area contributed by atoms with Crippen LogP contribution in [0, 0.1) is 12.3 Å². The maximum absolute atomic E-state index is 12.8. The lowest BCUT2D eigenvalue weighted by atomic mass is 9.94. The number of aromatic amines is 1. The minimum atomic E-state index is -5.08. The van der Waals surface area contributed by atoms with Crippen molar-refractivity contribution in [3.05, 3.63) is 57.5 Å². The topological polar surface area (TPSA) is 231 Å². The minimum absolute atomic E-state index is 0.0642. The van der Waals surface area contributed by atoms with Crippen LogP contribution in [0.5, 0.6) is 0 Å². The number of carboxylic acids is 1. The van der Waals surface area contributed by atoms with E-state index in [-0.39, 0.29) is 18.6 Å². The Hall–Kier alpha value is -4.33. The number of aryl methyl sites for hydroxylation is 1. The van der Waals surface area contributed by atoms with Gasteiger partial charge in [-0.05, 0) is 49.2 Å². The summed E-state index contributed by atoms with van der Waals surface area (Å²) in [7, 11) is -4.51. The highest BCUT2D eigenvalue weighted by atomic mass is 32.2. The number of guanidine groups is 1. The Morgan fingerprint density at radius 2 is 1.65 bits per heavy atom. The third kappa shape index (κ3) is 10.1. The maximum atomic E-state index is 12.8. The van der Waals surface area contributed by atoms with Gasteiger partial charge in [-0.2, -0.15) is 26.3 Å². The second kappa shape index (κ2) is 13.2. The van der Waals surface area contributed by atoms with E-state index in [1.807, 2.05) is 4.72 Å². The number of carbonyl (C=O) groups excluding carboxylic acids is 1. The number of hydrogen-bond donors (Lipinski definition) is 7. The predicted molar refractivity (Wildman–Crippen MR) is 125 cm³/mol. The molecular formula is C20H22F6N6O7S. The summed E-state index contributed by atoms with van der Waals surface area (Å²) in [6.45, 7) is 1.30. The van der Waals surface area contributed by atoms with Crippen molar-refractivity contribution in [2.24, 2.45) is 11.5 Å². The number of nitrogens with two attached hydrogens (primary N) is 2. The molecule has 1 unspecified atom stereocenters. The summed E-state index contributed by atoms with van der Waals surface area (Å²) >= 11 is 0. The molecule has 0 spiro atoms. The van der Waals surface area contributed by atoms with E-state index >= 15 is 0 Å². The monoisotopic (exact) mass is 604 g/mol. The molecule has 2 rings (SSSR count). The summed E-state index contributed by atoms with van der Waals surface area (Å²) in [6, 6.07) is 3.97. The zero-order chi connectivity index (χ0) is 31.1. The van der Waals surface area contributed by atoms with Gasteiger partial charge in [0.15, 0.2) is 0 Å². The van der Waals surface area contributed by atoms with Gasteiger partial charge >= 0.3 is 18.3 Å². The maximum Gasteiger partial charge on any atom is 0.490 e. The quantitative estimate of drug-likeness (QED) is 0.0722. The van der Waals surface area contributed by atoms with E-state index in [0.29, 0.717) is 17.8 Å². The van der Waals surface area contributed by atoms with Crippen LogP contribution in [0.25, 0.3) is 0 Å². The van der Waals surface area contributed by atoms with Crippen LogP contribution in [0.3, 0.4) is 0 Å². The van der Waals surface area contributed by atoms with Gasteiger partial charge in [0.05, 0.1) is 23.0 Å². The second-order valence-electron chi connectivity index (χ2n) is 7.65. The molecule has 1 aromatic heterocycles. The Morgan fingerprint density at radius 1 is 1.12 bits per heavy atom. The molecule has 1 heterocycles. The van der Waals surface area contributed by atoms with Crippen molar-refractivity contribution in [2.45, 2.75) is 36.5 Å². The Kier molecular flexibility index (Phi) is 11.1. The summed E-state index contributed by atoms with van der Waals surface area (Å²) in [5, 5.41) is 14.1.